The lowest BCUT2D eigenvalue weighted by Crippen LogP contribution is -2.44. The van der Waals surface area contributed by atoms with E-state index in [1.165, 1.54) is 16.7 Å². The minimum absolute atomic E-state index is 0.0467. The van der Waals surface area contributed by atoms with Gasteiger partial charge in [-0.05, 0) is 42.7 Å². The van der Waals surface area contributed by atoms with Gasteiger partial charge < -0.3 is 19.7 Å². The van der Waals surface area contributed by atoms with Crippen molar-refractivity contribution < 1.29 is 19.6 Å². The zero-order valence-corrected chi connectivity index (χ0v) is 21.6. The number of hydrogen-bond donors (Lipinski definition) is 2. The first-order chi connectivity index (χ1) is 18.7. The van der Waals surface area contributed by atoms with Gasteiger partial charge in [-0.2, -0.15) is 0 Å². The van der Waals surface area contributed by atoms with E-state index in [0.717, 1.165) is 5.56 Å². The number of nitrogens with zero attached hydrogens (tertiary/aromatic N) is 3. The van der Waals surface area contributed by atoms with Crippen molar-refractivity contribution >= 4 is 39.8 Å². The lowest BCUT2D eigenvalue weighted by Gasteiger charge is -2.31. The molecule has 6 rings (SSSR count). The molecule has 0 aliphatic carbocycles. The number of esters is 1. The molecule has 39 heavy (non-hydrogen) atoms. The van der Waals surface area contributed by atoms with Crippen LogP contribution in [0.3, 0.4) is 0 Å². The van der Waals surface area contributed by atoms with Crippen molar-refractivity contribution in [2.24, 2.45) is 0 Å². The van der Waals surface area contributed by atoms with Crippen molar-refractivity contribution in [1.29, 1.82) is 0 Å². The van der Waals surface area contributed by atoms with Crippen molar-refractivity contribution in [3.05, 3.63) is 96.3 Å². The molecule has 4 aromatic rings. The zero-order valence-electron chi connectivity index (χ0n) is 20.9. The third kappa shape index (κ3) is 4.03. The summed E-state index contributed by atoms with van der Waals surface area (Å²) < 4.78 is 6.66. The monoisotopic (exact) mass is 546 g/mol. The van der Waals surface area contributed by atoms with E-state index in [9.17, 15) is 24.8 Å². The predicted molar refractivity (Wildman–Crippen MR) is 145 cm³/mol. The second-order valence-electron chi connectivity index (χ2n) is 9.72. The number of fused-ring (bicyclic) bond motifs is 5. The summed E-state index contributed by atoms with van der Waals surface area (Å²) in [6.45, 7) is 2.14. The number of aromatic nitrogens is 2. The molecule has 2 aliphatic rings. The van der Waals surface area contributed by atoms with Gasteiger partial charge in [-0.15, -0.1) is 0 Å². The van der Waals surface area contributed by atoms with E-state index in [1.807, 2.05) is 24.3 Å². The number of cyclic esters (lactones) is 1. The first kappa shape index (κ1) is 25.0. The average molecular weight is 547 g/mol. The molecule has 10 nitrogen and oxygen atoms in total. The third-order valence-corrected chi connectivity index (χ3v) is 7.70. The number of nitro benzene ring substituents is 1. The van der Waals surface area contributed by atoms with Crippen LogP contribution >= 0.6 is 11.6 Å². The molecule has 198 valence electrons. The number of non-ortho nitro benzene ring substituents is 1. The van der Waals surface area contributed by atoms with Gasteiger partial charge in [-0.25, -0.2) is 9.78 Å². The molecular weight excluding hydrogens is 524 g/mol. The number of pyridine rings is 2. The van der Waals surface area contributed by atoms with Crippen LogP contribution in [0.15, 0.2) is 53.3 Å². The molecule has 0 saturated carbocycles. The SMILES string of the molecule is CC[C@@]1(O)C(=O)OCc2c1cc1n(c2=O)Cc2cc3cc([N+](=O)[O-])cc(NCCc4ccc(Cl)cc4)c3nc2-1. The average Bonchev–Trinajstić information content (AvgIpc) is 3.28. The highest BCUT2D eigenvalue weighted by molar-refractivity contribution is 6.30. The largest absolute Gasteiger partial charge is 0.458 e. The summed E-state index contributed by atoms with van der Waals surface area (Å²) >= 11 is 5.97. The Morgan fingerprint density at radius 1 is 1.21 bits per heavy atom. The number of rotatable bonds is 6. The molecular formula is C28H23ClN4O6. The fourth-order valence-electron chi connectivity index (χ4n) is 5.31. The summed E-state index contributed by atoms with van der Waals surface area (Å²) in [5.74, 6) is -0.786. The molecule has 2 N–H and O–H groups in total. The lowest BCUT2D eigenvalue weighted by atomic mass is 9.86. The van der Waals surface area contributed by atoms with Crippen LogP contribution in [0, 0.1) is 10.1 Å². The molecule has 0 saturated heterocycles. The summed E-state index contributed by atoms with van der Waals surface area (Å²) in [5, 5.41) is 27.3. The number of halogens is 1. The van der Waals surface area contributed by atoms with Crippen LogP contribution < -0.4 is 10.9 Å². The number of anilines is 1. The molecule has 0 fully saturated rings. The minimum atomic E-state index is -1.92. The van der Waals surface area contributed by atoms with E-state index in [1.54, 1.807) is 19.1 Å². The molecule has 2 aromatic carbocycles. The molecule has 11 heteroatoms. The fraction of sp³-hybridized carbons (Fsp3) is 0.250. The maximum atomic E-state index is 13.4. The Hall–Kier alpha value is -4.28. The van der Waals surface area contributed by atoms with Gasteiger partial charge in [-0.3, -0.25) is 14.9 Å². The number of carbonyl (C=O) groups is 1. The Kier molecular flexibility index (Phi) is 5.89. The van der Waals surface area contributed by atoms with Gasteiger partial charge in [0, 0.05) is 40.2 Å². The van der Waals surface area contributed by atoms with Gasteiger partial charge in [0.15, 0.2) is 5.60 Å². The Labute approximate surface area is 227 Å². The first-order valence-electron chi connectivity index (χ1n) is 12.5. The van der Waals surface area contributed by atoms with Gasteiger partial charge >= 0.3 is 5.97 Å². The van der Waals surface area contributed by atoms with E-state index in [4.69, 9.17) is 21.3 Å². The van der Waals surface area contributed by atoms with Crippen LogP contribution in [-0.2, 0) is 34.7 Å². The number of hydrogen-bond acceptors (Lipinski definition) is 8. The minimum Gasteiger partial charge on any atom is -0.458 e. The summed E-state index contributed by atoms with van der Waals surface area (Å²) in [7, 11) is 0. The summed E-state index contributed by atoms with van der Waals surface area (Å²) in [5.41, 5.74) is 1.87. The van der Waals surface area contributed by atoms with E-state index in [-0.39, 0.29) is 41.9 Å². The number of aliphatic hydroxyl groups is 1. The summed E-state index contributed by atoms with van der Waals surface area (Å²) in [4.78, 5) is 41.9. The summed E-state index contributed by atoms with van der Waals surface area (Å²) in [6, 6.07) is 13.8. The van der Waals surface area contributed by atoms with Gasteiger partial charge in [0.2, 0.25) is 0 Å². The second-order valence-corrected chi connectivity index (χ2v) is 10.2. The normalized spacial score (nSPS) is 17.4. The van der Waals surface area contributed by atoms with Gasteiger partial charge in [0.25, 0.3) is 11.2 Å². The van der Waals surface area contributed by atoms with E-state index < -0.39 is 16.5 Å². The molecule has 0 unspecified atom stereocenters. The van der Waals surface area contributed by atoms with Gasteiger partial charge in [0.05, 0.1) is 39.6 Å². The Bertz CT molecular complexity index is 1750. The van der Waals surface area contributed by atoms with Crippen LogP contribution in [0.25, 0.3) is 22.3 Å². The number of carbonyl (C=O) groups excluding carboxylic acids is 1. The Morgan fingerprint density at radius 3 is 2.69 bits per heavy atom. The highest BCUT2D eigenvalue weighted by Crippen LogP contribution is 2.40. The molecule has 0 amide bonds. The van der Waals surface area contributed by atoms with Gasteiger partial charge in [0.1, 0.15) is 6.61 Å². The first-order valence-corrected chi connectivity index (χ1v) is 12.8. The van der Waals surface area contributed by atoms with Crippen LogP contribution in [0.1, 0.15) is 35.6 Å². The maximum Gasteiger partial charge on any atom is 0.343 e. The second kappa shape index (κ2) is 9.18. The predicted octanol–water partition coefficient (Wildman–Crippen LogP) is 4.30. The number of nitro groups is 1. The van der Waals surface area contributed by atoms with Crippen LogP contribution in [0.2, 0.25) is 5.02 Å². The molecule has 0 radical (unpaired) electrons. The Morgan fingerprint density at radius 2 is 1.97 bits per heavy atom. The van der Waals surface area contributed by atoms with Crippen LogP contribution in [-0.4, -0.2) is 32.1 Å². The highest BCUT2D eigenvalue weighted by atomic mass is 35.5. The topological polar surface area (TPSA) is 137 Å². The molecule has 2 aliphatic heterocycles. The highest BCUT2D eigenvalue weighted by Gasteiger charge is 2.45. The van der Waals surface area contributed by atoms with Crippen molar-refractivity contribution in [2.75, 3.05) is 11.9 Å². The number of ether oxygens (including phenoxy) is 1. The maximum absolute atomic E-state index is 13.4. The van der Waals surface area contributed by atoms with E-state index in [0.29, 0.717) is 51.5 Å². The molecule has 1 atom stereocenters. The molecule has 2 aromatic heterocycles. The quantitative estimate of drug-likeness (QED) is 0.183. The third-order valence-electron chi connectivity index (χ3n) is 7.45. The van der Waals surface area contributed by atoms with Crippen molar-refractivity contribution in [3.63, 3.8) is 0 Å². The van der Waals surface area contributed by atoms with E-state index in [2.05, 4.69) is 5.32 Å². The number of benzene rings is 2. The standard InChI is InChI=1S/C28H23ClN4O6/c1-2-28(36)21-12-23-25-17(13-32(23)26(34)20(21)14-39-27(28)35)9-16-10-19(33(37)38)11-22(24(16)31-25)30-8-7-15-3-5-18(29)6-4-15/h3-6,9-12,30,36H,2,7-8,13-14H2,1H3/t28-/m0/s1. The lowest BCUT2D eigenvalue weighted by molar-refractivity contribution is -0.384. The fourth-order valence-corrected chi connectivity index (χ4v) is 5.44. The van der Waals surface area contributed by atoms with E-state index >= 15 is 0 Å². The van der Waals surface area contributed by atoms with Crippen LogP contribution in [0.5, 0.6) is 0 Å². The summed E-state index contributed by atoms with van der Waals surface area (Å²) in [6.07, 6.45) is 0.702. The smallest absolute Gasteiger partial charge is 0.343 e. The van der Waals surface area contributed by atoms with Gasteiger partial charge in [-0.1, -0.05) is 30.7 Å². The molecule has 0 bridgehead atoms. The van der Waals surface area contributed by atoms with Crippen molar-refractivity contribution in [3.8, 4) is 11.4 Å². The molecule has 0 spiro atoms. The van der Waals surface area contributed by atoms with Crippen molar-refractivity contribution in [1.82, 2.24) is 9.55 Å². The number of nitrogens with one attached hydrogen (secondary N) is 1. The van der Waals surface area contributed by atoms with Crippen molar-refractivity contribution in [2.45, 2.75) is 38.5 Å². The molecule has 4 heterocycles. The zero-order chi connectivity index (χ0) is 27.5. The Balaban J connectivity index is 1.45. The van der Waals surface area contributed by atoms with Crippen LogP contribution in [0.4, 0.5) is 11.4 Å².